The molecule has 3 rings (SSSR count). The van der Waals surface area contributed by atoms with E-state index in [1.54, 1.807) is 0 Å². The van der Waals surface area contributed by atoms with Crippen LogP contribution in [0.2, 0.25) is 0 Å². The maximum atomic E-state index is 12.5. The molecule has 0 radical (unpaired) electrons. The Balaban J connectivity index is 1.54. The van der Waals surface area contributed by atoms with Gasteiger partial charge in [0.1, 0.15) is 0 Å². The van der Waals surface area contributed by atoms with E-state index in [0.29, 0.717) is 38.4 Å². The van der Waals surface area contributed by atoms with Gasteiger partial charge in [0.25, 0.3) is 5.79 Å². The van der Waals surface area contributed by atoms with Crippen molar-refractivity contribution in [3.05, 3.63) is 24.3 Å². The van der Waals surface area contributed by atoms with Gasteiger partial charge >= 0.3 is 5.97 Å². The summed E-state index contributed by atoms with van der Waals surface area (Å²) in [5.74, 6) is -2.41. The van der Waals surface area contributed by atoms with Gasteiger partial charge in [0.15, 0.2) is 12.6 Å². The van der Waals surface area contributed by atoms with Gasteiger partial charge in [0.05, 0.1) is 6.10 Å². The van der Waals surface area contributed by atoms with Crippen LogP contribution < -0.4 is 0 Å². The summed E-state index contributed by atoms with van der Waals surface area (Å²) in [5.41, 5.74) is 0. The number of rotatable bonds is 16. The quantitative estimate of drug-likeness (QED) is 0.158. The Hall–Kier alpha value is -1.29. The molecule has 3 fully saturated rings. The number of carbonyl (C=O) groups is 1. The summed E-state index contributed by atoms with van der Waals surface area (Å²) >= 11 is 0. The SMILES string of the molecule is CCOCCC/C=C/[C@H]1CC[C@H](O)[C@@H]1C/C=C\CCC(OC1CCCCO1)(OC1CCCCO1)C(=O)O. The summed E-state index contributed by atoms with van der Waals surface area (Å²) in [6.07, 6.45) is 17.3. The van der Waals surface area contributed by atoms with Crippen molar-refractivity contribution >= 4 is 5.97 Å². The van der Waals surface area contributed by atoms with Crippen LogP contribution in [0.25, 0.3) is 0 Å². The molecule has 0 aromatic carbocycles. The Labute approximate surface area is 222 Å². The van der Waals surface area contributed by atoms with Gasteiger partial charge in [-0.25, -0.2) is 4.79 Å². The number of unbranched alkanes of at least 4 members (excludes halogenated alkanes) is 1. The molecule has 8 nitrogen and oxygen atoms in total. The summed E-state index contributed by atoms with van der Waals surface area (Å²) in [6.45, 7) is 4.66. The molecule has 0 spiro atoms. The highest BCUT2D eigenvalue weighted by atomic mass is 16.8. The predicted molar refractivity (Wildman–Crippen MR) is 140 cm³/mol. The number of allylic oxidation sites excluding steroid dienone is 4. The van der Waals surface area contributed by atoms with Crippen molar-refractivity contribution in [3.8, 4) is 0 Å². The molecule has 2 N–H and O–H groups in total. The Kier molecular flexibility index (Phi) is 13.6. The van der Waals surface area contributed by atoms with Crippen molar-refractivity contribution in [2.75, 3.05) is 26.4 Å². The molecule has 2 heterocycles. The Morgan fingerprint density at radius 2 is 1.65 bits per heavy atom. The zero-order valence-electron chi connectivity index (χ0n) is 22.6. The third-order valence-electron chi connectivity index (χ3n) is 7.55. The van der Waals surface area contributed by atoms with Gasteiger partial charge in [0, 0.05) is 32.8 Å². The topological polar surface area (TPSA) is 104 Å². The summed E-state index contributed by atoms with van der Waals surface area (Å²) in [4.78, 5) is 12.5. The van der Waals surface area contributed by atoms with Crippen molar-refractivity contribution in [1.29, 1.82) is 0 Å². The lowest BCUT2D eigenvalue weighted by atomic mass is 9.90. The fourth-order valence-corrected chi connectivity index (χ4v) is 5.40. The molecule has 3 aliphatic rings. The first-order valence-electron chi connectivity index (χ1n) is 14.4. The van der Waals surface area contributed by atoms with Crippen LogP contribution in [-0.4, -0.2) is 67.1 Å². The van der Waals surface area contributed by atoms with Crippen LogP contribution in [0.15, 0.2) is 24.3 Å². The Morgan fingerprint density at radius 1 is 0.946 bits per heavy atom. The number of carboxylic acids is 1. The molecule has 0 aromatic rings. The molecule has 0 aromatic heterocycles. The Bertz CT molecular complexity index is 676. The van der Waals surface area contributed by atoms with Crippen LogP contribution in [0.3, 0.4) is 0 Å². The van der Waals surface area contributed by atoms with E-state index in [1.165, 1.54) is 0 Å². The first-order chi connectivity index (χ1) is 18.0. The third-order valence-corrected chi connectivity index (χ3v) is 7.55. The van der Waals surface area contributed by atoms with Crippen molar-refractivity contribution in [2.24, 2.45) is 11.8 Å². The van der Waals surface area contributed by atoms with E-state index in [9.17, 15) is 15.0 Å². The number of aliphatic hydroxyl groups is 1. The molecule has 5 atom stereocenters. The van der Waals surface area contributed by atoms with Crippen molar-refractivity contribution in [1.82, 2.24) is 0 Å². The molecule has 2 unspecified atom stereocenters. The van der Waals surface area contributed by atoms with E-state index in [2.05, 4.69) is 18.2 Å². The van der Waals surface area contributed by atoms with Crippen LogP contribution in [0.5, 0.6) is 0 Å². The second kappa shape index (κ2) is 16.6. The highest BCUT2D eigenvalue weighted by Crippen LogP contribution is 2.36. The lowest BCUT2D eigenvalue weighted by Gasteiger charge is -2.37. The van der Waals surface area contributed by atoms with Gasteiger partial charge in [-0.3, -0.25) is 0 Å². The minimum absolute atomic E-state index is 0.162. The van der Waals surface area contributed by atoms with E-state index in [0.717, 1.165) is 71.0 Å². The largest absolute Gasteiger partial charge is 0.477 e. The molecular formula is C29H48O8. The number of hydrogen-bond donors (Lipinski definition) is 2. The molecule has 0 bridgehead atoms. The van der Waals surface area contributed by atoms with Crippen LogP contribution in [0.1, 0.15) is 90.4 Å². The molecular weight excluding hydrogens is 476 g/mol. The van der Waals surface area contributed by atoms with Gasteiger partial charge in [-0.15, -0.1) is 0 Å². The number of hydrogen-bond acceptors (Lipinski definition) is 7. The number of carboxylic acid groups (broad SMARTS) is 1. The van der Waals surface area contributed by atoms with Crippen LogP contribution in [0, 0.1) is 11.8 Å². The smallest absolute Gasteiger partial charge is 0.364 e. The lowest BCUT2D eigenvalue weighted by molar-refractivity contribution is -0.352. The molecule has 2 saturated heterocycles. The lowest BCUT2D eigenvalue weighted by Crippen LogP contribution is -2.51. The van der Waals surface area contributed by atoms with Crippen molar-refractivity contribution in [2.45, 2.75) is 115 Å². The third kappa shape index (κ3) is 10.1. The van der Waals surface area contributed by atoms with E-state index < -0.39 is 24.3 Å². The first kappa shape index (κ1) is 30.3. The zero-order valence-corrected chi connectivity index (χ0v) is 22.6. The second-order valence-electron chi connectivity index (χ2n) is 10.4. The van der Waals surface area contributed by atoms with Gasteiger partial charge in [-0.05, 0) is 95.8 Å². The molecule has 212 valence electrons. The minimum atomic E-state index is -1.81. The average molecular weight is 525 g/mol. The predicted octanol–water partition coefficient (Wildman–Crippen LogP) is 5.34. The number of aliphatic carboxylic acids is 1. The normalized spacial score (nSPS) is 30.7. The van der Waals surface area contributed by atoms with E-state index in [1.807, 2.05) is 13.0 Å². The number of aliphatic hydroxyl groups excluding tert-OH is 1. The highest BCUT2D eigenvalue weighted by Gasteiger charge is 2.46. The van der Waals surface area contributed by atoms with Crippen LogP contribution >= 0.6 is 0 Å². The van der Waals surface area contributed by atoms with Crippen LogP contribution in [-0.2, 0) is 28.5 Å². The van der Waals surface area contributed by atoms with Gasteiger partial charge in [-0.1, -0.05) is 24.3 Å². The standard InChI is InChI=1S/C29H48O8/c1-2-33-20-10-4-5-13-23-17-18-25(30)24(23)14-6-3-9-19-29(28(31)32,36-26-15-7-11-21-34-26)37-27-16-8-12-22-35-27/h3,5-6,13,23-27,30H,2,4,7-12,14-22H2,1H3,(H,31,32)/b6-3-,13-5+/t23-,24+,25-,26?,27?,29?/m0/s1. The summed E-state index contributed by atoms with van der Waals surface area (Å²) in [6, 6.07) is 0. The summed E-state index contributed by atoms with van der Waals surface area (Å²) in [5, 5.41) is 20.7. The van der Waals surface area contributed by atoms with E-state index >= 15 is 0 Å². The highest BCUT2D eigenvalue weighted by molar-refractivity contribution is 5.75. The number of ether oxygens (including phenoxy) is 5. The zero-order chi connectivity index (χ0) is 26.3. The molecule has 8 heteroatoms. The molecule has 2 aliphatic heterocycles. The van der Waals surface area contributed by atoms with Gasteiger partial charge in [-0.2, -0.15) is 0 Å². The van der Waals surface area contributed by atoms with Crippen molar-refractivity contribution in [3.63, 3.8) is 0 Å². The van der Waals surface area contributed by atoms with Crippen molar-refractivity contribution < 1.29 is 38.7 Å². The maximum absolute atomic E-state index is 12.5. The monoisotopic (exact) mass is 524 g/mol. The fourth-order valence-electron chi connectivity index (χ4n) is 5.40. The van der Waals surface area contributed by atoms with Crippen LogP contribution in [0.4, 0.5) is 0 Å². The Morgan fingerprint density at radius 3 is 2.24 bits per heavy atom. The second-order valence-corrected chi connectivity index (χ2v) is 10.4. The fraction of sp³-hybridized carbons (Fsp3) is 0.828. The van der Waals surface area contributed by atoms with Gasteiger partial charge in [0.2, 0.25) is 0 Å². The summed E-state index contributed by atoms with van der Waals surface area (Å²) < 4.78 is 28.8. The summed E-state index contributed by atoms with van der Waals surface area (Å²) in [7, 11) is 0. The maximum Gasteiger partial charge on any atom is 0.364 e. The molecule has 37 heavy (non-hydrogen) atoms. The molecule has 1 saturated carbocycles. The van der Waals surface area contributed by atoms with Gasteiger partial charge < -0.3 is 33.9 Å². The van der Waals surface area contributed by atoms with E-state index in [4.69, 9.17) is 23.7 Å². The van der Waals surface area contributed by atoms with E-state index in [-0.39, 0.29) is 18.4 Å². The molecule has 1 aliphatic carbocycles. The minimum Gasteiger partial charge on any atom is -0.477 e. The average Bonchev–Trinajstić information content (AvgIpc) is 3.25. The first-order valence-corrected chi connectivity index (χ1v) is 14.4. The molecule has 0 amide bonds.